The van der Waals surface area contributed by atoms with Crippen molar-refractivity contribution in [1.29, 1.82) is 0 Å². The molecule has 0 radical (unpaired) electrons. The maximum Gasteiger partial charge on any atom is 0.0206 e. The Hall–Kier alpha value is -0.940. The highest BCUT2D eigenvalue weighted by Gasteiger charge is 2.06. The predicted molar refractivity (Wildman–Crippen MR) is 86.3 cm³/mol. The Balaban J connectivity index is 2.24. The molecule has 0 aromatic heterocycles. The molecule has 114 valence electrons. The van der Waals surface area contributed by atoms with Crippen LogP contribution in [0.2, 0.25) is 0 Å². The highest BCUT2D eigenvalue weighted by atomic mass is 14.9. The monoisotopic (exact) mass is 278 g/mol. The van der Waals surface area contributed by atoms with E-state index >= 15 is 0 Å². The van der Waals surface area contributed by atoms with E-state index in [2.05, 4.69) is 48.7 Å². The van der Waals surface area contributed by atoms with Crippen molar-refractivity contribution < 1.29 is 0 Å². The summed E-state index contributed by atoms with van der Waals surface area (Å²) in [5.74, 6) is 0.518. The lowest BCUT2D eigenvalue weighted by atomic mass is 10.1. The third kappa shape index (κ3) is 7.01. The molecule has 0 saturated carbocycles. The van der Waals surface area contributed by atoms with Crippen molar-refractivity contribution in [1.82, 2.24) is 10.6 Å². The molecule has 1 aromatic rings. The minimum Gasteiger partial charge on any atom is -0.330 e. The fraction of sp³-hybridized carbons (Fsp3) is 0.625. The average molecular weight is 278 g/mol. The molecule has 4 nitrogen and oxygen atoms in total. The number of hydrogen-bond acceptors (Lipinski definition) is 4. The standard InChI is InChI=1S/C16H30N4/c1-13(2)16(18)12-20-11-15-6-4-14(5-7-15)10-19-9-3-8-17/h4-7,13,16,19-20H,3,8-12,17-18H2,1-2H3. The highest BCUT2D eigenvalue weighted by Crippen LogP contribution is 2.04. The number of nitrogens with one attached hydrogen (secondary N) is 2. The predicted octanol–water partition coefficient (Wildman–Crippen LogP) is 1.20. The van der Waals surface area contributed by atoms with E-state index in [0.717, 1.165) is 39.1 Å². The van der Waals surface area contributed by atoms with Gasteiger partial charge in [0, 0.05) is 25.7 Å². The van der Waals surface area contributed by atoms with Crippen LogP contribution in [0.1, 0.15) is 31.4 Å². The first-order chi connectivity index (χ1) is 9.63. The Morgan fingerprint density at radius 2 is 1.55 bits per heavy atom. The largest absolute Gasteiger partial charge is 0.330 e. The van der Waals surface area contributed by atoms with Crippen LogP contribution in [-0.4, -0.2) is 25.7 Å². The second kappa shape index (κ2) is 9.88. The Labute approximate surface area is 123 Å². The summed E-state index contributed by atoms with van der Waals surface area (Å²) in [5.41, 5.74) is 14.1. The van der Waals surface area contributed by atoms with Gasteiger partial charge in [0.1, 0.15) is 0 Å². The molecule has 0 amide bonds. The molecule has 1 aromatic carbocycles. The molecule has 0 bridgehead atoms. The van der Waals surface area contributed by atoms with E-state index in [1.165, 1.54) is 11.1 Å². The van der Waals surface area contributed by atoms with Crippen LogP contribution in [0.15, 0.2) is 24.3 Å². The van der Waals surface area contributed by atoms with E-state index in [9.17, 15) is 0 Å². The molecule has 0 aliphatic heterocycles. The number of hydrogen-bond donors (Lipinski definition) is 4. The van der Waals surface area contributed by atoms with Gasteiger partial charge in [-0.05, 0) is 36.6 Å². The third-order valence-electron chi connectivity index (χ3n) is 3.48. The highest BCUT2D eigenvalue weighted by molar-refractivity contribution is 5.22. The molecule has 0 spiro atoms. The molecule has 1 rings (SSSR count). The number of nitrogens with two attached hydrogens (primary N) is 2. The first-order valence-corrected chi connectivity index (χ1v) is 7.58. The van der Waals surface area contributed by atoms with Crippen molar-refractivity contribution in [2.75, 3.05) is 19.6 Å². The van der Waals surface area contributed by atoms with Gasteiger partial charge in [-0.15, -0.1) is 0 Å². The van der Waals surface area contributed by atoms with E-state index < -0.39 is 0 Å². The van der Waals surface area contributed by atoms with Gasteiger partial charge in [0.05, 0.1) is 0 Å². The number of rotatable bonds is 10. The Kier molecular flexibility index (Phi) is 8.46. The van der Waals surface area contributed by atoms with Crippen LogP contribution < -0.4 is 22.1 Å². The first-order valence-electron chi connectivity index (χ1n) is 7.58. The van der Waals surface area contributed by atoms with Gasteiger partial charge in [-0.2, -0.15) is 0 Å². The third-order valence-corrected chi connectivity index (χ3v) is 3.48. The molecule has 1 unspecified atom stereocenters. The van der Waals surface area contributed by atoms with Crippen LogP contribution in [0.5, 0.6) is 0 Å². The van der Waals surface area contributed by atoms with E-state index in [0.29, 0.717) is 5.92 Å². The van der Waals surface area contributed by atoms with E-state index in [-0.39, 0.29) is 6.04 Å². The van der Waals surface area contributed by atoms with Crippen LogP contribution in [0.4, 0.5) is 0 Å². The maximum atomic E-state index is 6.00. The summed E-state index contributed by atoms with van der Waals surface area (Å²) >= 11 is 0. The van der Waals surface area contributed by atoms with Gasteiger partial charge in [0.15, 0.2) is 0 Å². The quantitative estimate of drug-likeness (QED) is 0.485. The minimum absolute atomic E-state index is 0.223. The fourth-order valence-electron chi connectivity index (χ4n) is 1.85. The van der Waals surface area contributed by atoms with Crippen molar-refractivity contribution >= 4 is 0 Å². The maximum absolute atomic E-state index is 6.00. The lowest BCUT2D eigenvalue weighted by Gasteiger charge is -2.16. The first kappa shape index (κ1) is 17.1. The van der Waals surface area contributed by atoms with Gasteiger partial charge >= 0.3 is 0 Å². The molecular weight excluding hydrogens is 248 g/mol. The van der Waals surface area contributed by atoms with Gasteiger partial charge in [0.2, 0.25) is 0 Å². The van der Waals surface area contributed by atoms with E-state index in [1.807, 2.05) is 0 Å². The summed E-state index contributed by atoms with van der Waals surface area (Å²) in [5, 5.41) is 6.79. The minimum atomic E-state index is 0.223. The van der Waals surface area contributed by atoms with Gasteiger partial charge in [-0.3, -0.25) is 0 Å². The Morgan fingerprint density at radius 3 is 2.05 bits per heavy atom. The van der Waals surface area contributed by atoms with E-state index in [1.54, 1.807) is 0 Å². The van der Waals surface area contributed by atoms with Crippen LogP contribution in [-0.2, 0) is 13.1 Å². The molecule has 6 N–H and O–H groups in total. The Morgan fingerprint density at radius 1 is 1.00 bits per heavy atom. The van der Waals surface area contributed by atoms with Crippen molar-refractivity contribution in [3.05, 3.63) is 35.4 Å². The summed E-state index contributed by atoms with van der Waals surface area (Å²) < 4.78 is 0. The molecule has 0 aliphatic rings. The van der Waals surface area contributed by atoms with Crippen LogP contribution in [0.3, 0.4) is 0 Å². The van der Waals surface area contributed by atoms with Crippen LogP contribution in [0, 0.1) is 5.92 Å². The Bertz CT molecular complexity index is 348. The zero-order valence-corrected chi connectivity index (χ0v) is 12.9. The molecule has 20 heavy (non-hydrogen) atoms. The fourth-order valence-corrected chi connectivity index (χ4v) is 1.85. The smallest absolute Gasteiger partial charge is 0.0206 e. The van der Waals surface area contributed by atoms with Crippen LogP contribution >= 0.6 is 0 Å². The average Bonchev–Trinajstić information content (AvgIpc) is 2.45. The van der Waals surface area contributed by atoms with E-state index in [4.69, 9.17) is 11.5 Å². The molecule has 1 atom stereocenters. The van der Waals surface area contributed by atoms with Gasteiger partial charge in [-0.1, -0.05) is 38.1 Å². The SMILES string of the molecule is CC(C)C(N)CNCc1ccc(CNCCCN)cc1. The summed E-state index contributed by atoms with van der Waals surface area (Å²) in [6.45, 7) is 8.67. The summed E-state index contributed by atoms with van der Waals surface area (Å²) in [6, 6.07) is 8.92. The molecule has 4 heteroatoms. The van der Waals surface area contributed by atoms with Crippen molar-refractivity contribution in [2.45, 2.75) is 39.4 Å². The summed E-state index contributed by atoms with van der Waals surface area (Å²) in [7, 11) is 0. The normalized spacial score (nSPS) is 12.8. The number of benzene rings is 1. The van der Waals surface area contributed by atoms with Crippen LogP contribution in [0.25, 0.3) is 0 Å². The van der Waals surface area contributed by atoms with Gasteiger partial charge in [-0.25, -0.2) is 0 Å². The lowest BCUT2D eigenvalue weighted by Crippen LogP contribution is -2.37. The molecule has 0 fully saturated rings. The molecule has 0 saturated heterocycles. The van der Waals surface area contributed by atoms with Crippen molar-refractivity contribution in [2.24, 2.45) is 17.4 Å². The van der Waals surface area contributed by atoms with Crippen molar-refractivity contribution in [3.63, 3.8) is 0 Å². The van der Waals surface area contributed by atoms with Gasteiger partial charge in [0.25, 0.3) is 0 Å². The summed E-state index contributed by atoms with van der Waals surface area (Å²) in [4.78, 5) is 0. The lowest BCUT2D eigenvalue weighted by molar-refractivity contribution is 0.458. The molecule has 0 heterocycles. The topological polar surface area (TPSA) is 76.1 Å². The van der Waals surface area contributed by atoms with Crippen molar-refractivity contribution in [3.8, 4) is 0 Å². The molecular formula is C16H30N4. The molecule has 0 aliphatic carbocycles. The zero-order chi connectivity index (χ0) is 14.8. The zero-order valence-electron chi connectivity index (χ0n) is 12.9. The summed E-state index contributed by atoms with van der Waals surface area (Å²) in [6.07, 6.45) is 1.03. The van der Waals surface area contributed by atoms with Gasteiger partial charge < -0.3 is 22.1 Å². The second-order valence-corrected chi connectivity index (χ2v) is 5.67. The second-order valence-electron chi connectivity index (χ2n) is 5.67.